The van der Waals surface area contributed by atoms with E-state index in [0.29, 0.717) is 23.0 Å². The van der Waals surface area contributed by atoms with Crippen LogP contribution in [0.15, 0.2) is 42.5 Å². The minimum atomic E-state index is -0.388. The lowest BCUT2D eigenvalue weighted by atomic mass is 9.92. The van der Waals surface area contributed by atoms with E-state index in [-0.39, 0.29) is 23.8 Å². The number of halogens is 2. The molecule has 0 aliphatic carbocycles. The average molecular weight is 372 g/mol. The fraction of sp³-hybridized carbons (Fsp3) is 0.263. The number of aromatic nitrogens is 3. The molecule has 0 saturated heterocycles. The SMILES string of the molecule is CCc1ccc([C@@H]2C[C@H](c3c(F)cccc3Cl)n3nc(N)nc3N2)cc1. The van der Waals surface area contributed by atoms with Crippen molar-refractivity contribution in [2.24, 2.45) is 0 Å². The van der Waals surface area contributed by atoms with Gasteiger partial charge in [-0.2, -0.15) is 4.98 Å². The first-order valence-electron chi connectivity index (χ1n) is 8.58. The summed E-state index contributed by atoms with van der Waals surface area (Å²) in [5, 5.41) is 7.97. The van der Waals surface area contributed by atoms with Crippen molar-refractivity contribution in [1.82, 2.24) is 14.8 Å². The van der Waals surface area contributed by atoms with Crippen LogP contribution in [0.4, 0.5) is 16.3 Å². The fourth-order valence-corrected chi connectivity index (χ4v) is 3.76. The summed E-state index contributed by atoms with van der Waals surface area (Å²) in [5.74, 6) is 0.305. The first-order valence-corrected chi connectivity index (χ1v) is 8.96. The number of nitrogen functional groups attached to an aromatic ring is 1. The number of nitrogens with one attached hydrogen (secondary N) is 1. The Morgan fingerprint density at radius 3 is 2.73 bits per heavy atom. The van der Waals surface area contributed by atoms with Gasteiger partial charge in [-0.25, -0.2) is 9.07 Å². The van der Waals surface area contributed by atoms with Crippen LogP contribution in [0.2, 0.25) is 5.02 Å². The molecule has 26 heavy (non-hydrogen) atoms. The molecule has 0 amide bonds. The van der Waals surface area contributed by atoms with Crippen LogP contribution in [0.1, 0.15) is 42.1 Å². The van der Waals surface area contributed by atoms with Gasteiger partial charge in [-0.15, -0.1) is 5.10 Å². The Morgan fingerprint density at radius 1 is 1.27 bits per heavy atom. The Hall–Kier alpha value is -2.60. The fourth-order valence-electron chi connectivity index (χ4n) is 3.47. The van der Waals surface area contributed by atoms with E-state index in [0.717, 1.165) is 12.0 Å². The summed E-state index contributed by atoms with van der Waals surface area (Å²) in [6.45, 7) is 2.12. The van der Waals surface area contributed by atoms with Crippen molar-refractivity contribution in [3.05, 3.63) is 70.0 Å². The maximum atomic E-state index is 14.6. The van der Waals surface area contributed by atoms with Crippen molar-refractivity contribution >= 4 is 23.5 Å². The molecule has 1 aromatic heterocycles. The molecule has 2 atom stereocenters. The Kier molecular flexibility index (Phi) is 4.28. The third kappa shape index (κ3) is 2.90. The molecule has 0 unspecified atom stereocenters. The highest BCUT2D eigenvalue weighted by atomic mass is 35.5. The largest absolute Gasteiger partial charge is 0.366 e. The molecule has 0 saturated carbocycles. The first-order chi connectivity index (χ1) is 12.6. The van der Waals surface area contributed by atoms with Gasteiger partial charge in [-0.3, -0.25) is 0 Å². The van der Waals surface area contributed by atoms with Crippen LogP contribution < -0.4 is 11.1 Å². The molecular weight excluding hydrogens is 353 g/mol. The van der Waals surface area contributed by atoms with Crippen LogP contribution in [0.25, 0.3) is 0 Å². The first kappa shape index (κ1) is 16.8. The van der Waals surface area contributed by atoms with E-state index in [9.17, 15) is 4.39 Å². The highest BCUT2D eigenvalue weighted by Gasteiger charge is 2.33. The second-order valence-electron chi connectivity index (χ2n) is 6.42. The van der Waals surface area contributed by atoms with Crippen molar-refractivity contribution in [2.75, 3.05) is 11.1 Å². The molecule has 5 nitrogen and oxygen atoms in total. The Labute approximate surface area is 156 Å². The van der Waals surface area contributed by atoms with Gasteiger partial charge in [0.2, 0.25) is 11.9 Å². The van der Waals surface area contributed by atoms with Crippen molar-refractivity contribution in [3.63, 3.8) is 0 Å². The Bertz CT molecular complexity index is 917. The van der Waals surface area contributed by atoms with Gasteiger partial charge in [-0.1, -0.05) is 48.9 Å². The quantitative estimate of drug-likeness (QED) is 0.717. The Balaban J connectivity index is 1.78. The summed E-state index contributed by atoms with van der Waals surface area (Å²) in [6.07, 6.45) is 1.57. The monoisotopic (exact) mass is 371 g/mol. The second kappa shape index (κ2) is 6.61. The normalized spacial score (nSPS) is 19.0. The molecule has 0 bridgehead atoms. The summed E-state index contributed by atoms with van der Waals surface area (Å²) < 4.78 is 16.2. The summed E-state index contributed by atoms with van der Waals surface area (Å²) in [6, 6.07) is 12.7. The van der Waals surface area contributed by atoms with Crippen LogP contribution in [-0.2, 0) is 6.42 Å². The van der Waals surface area contributed by atoms with Crippen LogP contribution in [-0.4, -0.2) is 14.8 Å². The van der Waals surface area contributed by atoms with Crippen molar-refractivity contribution in [1.29, 1.82) is 0 Å². The highest BCUT2D eigenvalue weighted by molar-refractivity contribution is 6.31. The van der Waals surface area contributed by atoms with Gasteiger partial charge in [0.05, 0.1) is 12.1 Å². The van der Waals surface area contributed by atoms with E-state index in [4.69, 9.17) is 17.3 Å². The highest BCUT2D eigenvalue weighted by Crippen LogP contribution is 2.41. The molecule has 3 aromatic rings. The number of anilines is 2. The van der Waals surface area contributed by atoms with Crippen LogP contribution in [0.5, 0.6) is 0 Å². The maximum absolute atomic E-state index is 14.6. The van der Waals surface area contributed by atoms with Gasteiger partial charge < -0.3 is 11.1 Å². The molecular formula is C19H19ClFN5. The molecule has 7 heteroatoms. The molecule has 1 aliphatic rings. The van der Waals surface area contributed by atoms with E-state index in [1.807, 2.05) is 0 Å². The van der Waals surface area contributed by atoms with Crippen LogP contribution in [0.3, 0.4) is 0 Å². The maximum Gasteiger partial charge on any atom is 0.241 e. The van der Waals surface area contributed by atoms with Gasteiger partial charge in [0.1, 0.15) is 5.82 Å². The summed E-state index contributed by atoms with van der Waals surface area (Å²) in [5.41, 5.74) is 8.57. The van der Waals surface area contributed by atoms with E-state index in [2.05, 4.69) is 46.6 Å². The lowest BCUT2D eigenvalue weighted by Gasteiger charge is -2.32. The van der Waals surface area contributed by atoms with Crippen molar-refractivity contribution in [3.8, 4) is 0 Å². The lowest BCUT2D eigenvalue weighted by molar-refractivity contribution is 0.416. The minimum absolute atomic E-state index is 0.0438. The van der Waals surface area contributed by atoms with E-state index >= 15 is 0 Å². The molecule has 1 aliphatic heterocycles. The number of hydrogen-bond acceptors (Lipinski definition) is 4. The molecule has 0 fully saturated rings. The lowest BCUT2D eigenvalue weighted by Crippen LogP contribution is -2.28. The van der Waals surface area contributed by atoms with Gasteiger partial charge in [0, 0.05) is 10.6 Å². The number of fused-ring (bicyclic) bond motifs is 1. The zero-order chi connectivity index (χ0) is 18.3. The topological polar surface area (TPSA) is 68.8 Å². The second-order valence-corrected chi connectivity index (χ2v) is 6.82. The Morgan fingerprint density at radius 2 is 2.04 bits per heavy atom. The molecule has 3 N–H and O–H groups in total. The molecule has 4 rings (SSSR count). The predicted molar refractivity (Wildman–Crippen MR) is 101 cm³/mol. The van der Waals surface area contributed by atoms with Gasteiger partial charge in [0.15, 0.2) is 0 Å². The van der Waals surface area contributed by atoms with E-state index in [1.165, 1.54) is 11.6 Å². The molecule has 0 radical (unpaired) electrons. The zero-order valence-electron chi connectivity index (χ0n) is 14.3. The van der Waals surface area contributed by atoms with Crippen molar-refractivity contribution in [2.45, 2.75) is 31.8 Å². The predicted octanol–water partition coefficient (Wildman–Crippen LogP) is 4.36. The van der Waals surface area contributed by atoms with Crippen LogP contribution in [0, 0.1) is 5.82 Å². The molecule has 134 valence electrons. The van der Waals surface area contributed by atoms with E-state index < -0.39 is 0 Å². The third-order valence-corrected chi connectivity index (χ3v) is 5.16. The van der Waals surface area contributed by atoms with E-state index in [1.54, 1.807) is 16.8 Å². The van der Waals surface area contributed by atoms with Crippen molar-refractivity contribution < 1.29 is 4.39 Å². The molecule has 2 heterocycles. The molecule has 0 spiro atoms. The summed E-state index contributed by atoms with van der Waals surface area (Å²) in [4.78, 5) is 4.25. The minimum Gasteiger partial charge on any atom is -0.366 e. The average Bonchev–Trinajstić information content (AvgIpc) is 3.02. The number of rotatable bonds is 3. The summed E-state index contributed by atoms with van der Waals surface area (Å²) in [7, 11) is 0. The zero-order valence-corrected chi connectivity index (χ0v) is 15.0. The van der Waals surface area contributed by atoms with Gasteiger partial charge >= 0.3 is 0 Å². The number of benzene rings is 2. The summed E-state index contributed by atoms with van der Waals surface area (Å²) >= 11 is 6.32. The standard InChI is InChI=1S/C19H19ClFN5/c1-2-11-6-8-12(9-7-11)15-10-16(17-13(20)4-3-5-14(17)21)26-19(23-15)24-18(22)25-26/h3-9,15-16H,2,10H2,1H3,(H3,22,23,24,25)/t15-,16+/m0/s1. The number of aryl methyl sites for hydroxylation is 1. The molecule has 2 aromatic carbocycles. The number of hydrogen-bond donors (Lipinski definition) is 2. The van der Waals surface area contributed by atoms with Gasteiger partial charge in [0.25, 0.3) is 0 Å². The third-order valence-electron chi connectivity index (χ3n) is 4.83. The van der Waals surface area contributed by atoms with Crippen LogP contribution >= 0.6 is 11.6 Å². The smallest absolute Gasteiger partial charge is 0.241 e. The number of nitrogens with zero attached hydrogens (tertiary/aromatic N) is 3. The van der Waals surface area contributed by atoms with Gasteiger partial charge in [-0.05, 0) is 36.1 Å². The number of nitrogens with two attached hydrogens (primary N) is 1.